The summed E-state index contributed by atoms with van der Waals surface area (Å²) in [6.07, 6.45) is 0.654. The van der Waals surface area contributed by atoms with Crippen LogP contribution in [0, 0.1) is 11.8 Å². The summed E-state index contributed by atoms with van der Waals surface area (Å²) in [5.74, 6) is 0.934. The van der Waals surface area contributed by atoms with E-state index in [4.69, 9.17) is 8.85 Å². The highest BCUT2D eigenvalue weighted by Crippen LogP contribution is 2.55. The summed E-state index contributed by atoms with van der Waals surface area (Å²) < 4.78 is 11.8. The summed E-state index contributed by atoms with van der Waals surface area (Å²) in [6.45, 7) is 37.0. The first-order chi connectivity index (χ1) is 18.5. The van der Waals surface area contributed by atoms with Gasteiger partial charge in [0, 0.05) is 23.7 Å². The first-order valence-electron chi connectivity index (χ1n) is 15.7. The van der Waals surface area contributed by atoms with E-state index in [0.29, 0.717) is 43.7 Å². The Morgan fingerprint density at radius 3 is 0.897 bits per heavy atom. The van der Waals surface area contributed by atoms with Crippen molar-refractivity contribution in [2.75, 3.05) is 66.6 Å². The molecule has 0 aromatic rings. The molecule has 0 aliphatic heterocycles. The lowest BCUT2D eigenvalue weighted by Gasteiger charge is -2.60. The topological polar surface area (TPSA) is 31.4 Å². The Balaban J connectivity index is 7.75. The van der Waals surface area contributed by atoms with Crippen molar-refractivity contribution < 1.29 is 8.85 Å². The van der Waals surface area contributed by atoms with Crippen LogP contribution in [0.2, 0.25) is 12.1 Å². The molecule has 9 heteroatoms. The maximum absolute atomic E-state index is 5.92. The van der Waals surface area contributed by atoms with Gasteiger partial charge >= 0.3 is 0 Å². The minimum Gasteiger partial charge on any atom is -0.421 e. The zero-order valence-corrected chi connectivity index (χ0v) is 31.2. The number of hydrogen-bond donors (Lipinski definition) is 0. The van der Waals surface area contributed by atoms with E-state index in [1.807, 2.05) is 14.2 Å². The van der Waals surface area contributed by atoms with Crippen molar-refractivity contribution in [1.29, 1.82) is 0 Å². The third-order valence-corrected chi connectivity index (χ3v) is 13.8. The first kappa shape index (κ1) is 39.5. The number of hydrogen-bond acceptors (Lipinski definition) is 7. The third kappa shape index (κ3) is 9.78. The number of thioether (sulfide) groups is 1. The molecule has 4 radical (unpaired) electrons. The van der Waals surface area contributed by atoms with Gasteiger partial charge in [-0.25, -0.2) is 0 Å². The lowest BCUT2D eigenvalue weighted by Crippen LogP contribution is -2.68. The van der Waals surface area contributed by atoms with Crippen LogP contribution in [0.25, 0.3) is 0 Å². The van der Waals surface area contributed by atoms with Crippen LogP contribution in [0.4, 0.5) is 0 Å². The van der Waals surface area contributed by atoms with Gasteiger partial charge in [-0.1, -0.05) is 83.1 Å². The summed E-state index contributed by atoms with van der Waals surface area (Å²) in [4.78, 5) is 10.9. The monoisotopic (exact) mass is 602 g/mol. The summed E-state index contributed by atoms with van der Waals surface area (Å²) >= 11 is 2.32. The van der Waals surface area contributed by atoms with E-state index >= 15 is 0 Å². The first-order valence-corrected chi connectivity index (χ1v) is 18.8. The minimum absolute atomic E-state index is 0.0203. The van der Waals surface area contributed by atoms with Crippen LogP contribution in [0.1, 0.15) is 83.1 Å². The van der Waals surface area contributed by atoms with Gasteiger partial charge in [-0.05, 0) is 76.3 Å². The van der Waals surface area contributed by atoms with E-state index in [1.54, 1.807) is 0 Å². The molecule has 0 N–H and O–H groups in total. The molecular formula is C30H66N4O2SSi2. The van der Waals surface area contributed by atoms with Crippen LogP contribution in [0.15, 0.2) is 0 Å². The van der Waals surface area contributed by atoms with Gasteiger partial charge in [0.2, 0.25) is 19.5 Å². The van der Waals surface area contributed by atoms with E-state index in [1.165, 1.54) is 0 Å². The Kier molecular flexibility index (Phi) is 20.7. The standard InChI is InChI=1S/C30H66N4O2SSi2/c1-15-31(16-2)27(32(17-3)18-4)29(25(9)10,23-38-35-13)37-30(26(11)12,24-39-36-14)28(33(19-5)20-6)34(21-7)22-8/h25-28H,15-24H2,1-14H3. The Labute approximate surface area is 254 Å². The molecule has 232 valence electrons. The molecule has 0 rings (SSSR count). The second-order valence-corrected chi connectivity index (χ2v) is 14.8. The molecule has 0 aliphatic carbocycles. The molecule has 0 heterocycles. The predicted molar refractivity (Wildman–Crippen MR) is 177 cm³/mol. The van der Waals surface area contributed by atoms with Crippen molar-refractivity contribution in [3.05, 3.63) is 0 Å². The molecular weight excluding hydrogens is 537 g/mol. The maximum atomic E-state index is 5.92. The summed E-state index contributed by atoms with van der Waals surface area (Å²) in [5, 5.41) is 0. The molecule has 0 bridgehead atoms. The average molecular weight is 603 g/mol. The Morgan fingerprint density at radius 1 is 0.513 bits per heavy atom. The highest BCUT2D eigenvalue weighted by molar-refractivity contribution is 8.02. The Hall–Kier alpha value is 0.544. The molecule has 0 aliphatic rings. The molecule has 6 nitrogen and oxygen atoms in total. The molecule has 0 aromatic heterocycles. The number of rotatable bonds is 24. The quantitative estimate of drug-likeness (QED) is 0.101. The van der Waals surface area contributed by atoms with Crippen molar-refractivity contribution in [3.63, 3.8) is 0 Å². The zero-order valence-electron chi connectivity index (χ0n) is 28.4. The highest BCUT2D eigenvalue weighted by Gasteiger charge is 2.56. The highest BCUT2D eigenvalue weighted by atomic mass is 32.2. The van der Waals surface area contributed by atoms with Gasteiger partial charge in [-0.3, -0.25) is 19.6 Å². The van der Waals surface area contributed by atoms with Gasteiger partial charge < -0.3 is 8.85 Å². The van der Waals surface area contributed by atoms with Crippen LogP contribution < -0.4 is 0 Å². The molecule has 0 spiro atoms. The fourth-order valence-corrected chi connectivity index (χ4v) is 11.1. The van der Waals surface area contributed by atoms with Crippen molar-refractivity contribution in [1.82, 2.24) is 19.6 Å². The molecule has 2 unspecified atom stereocenters. The molecule has 0 aromatic carbocycles. The maximum Gasteiger partial charge on any atom is 0.230 e. The SMILES string of the molecule is CCN(CC)C(N(CC)CC)C(C[Si]OC)(SC(C[Si]OC)(C(C)C)C(N(CC)CC)N(CC)CC)C(C)C. The average Bonchev–Trinajstić information content (AvgIpc) is 2.93. The fourth-order valence-electron chi connectivity index (χ4n) is 6.30. The van der Waals surface area contributed by atoms with E-state index in [2.05, 4.69) is 114 Å². The fraction of sp³-hybridized carbons (Fsp3) is 1.00. The summed E-state index contributed by atoms with van der Waals surface area (Å²) in [5.41, 5.74) is 0. The Bertz CT molecular complexity index is 532. The molecule has 0 saturated heterocycles. The molecule has 2 atom stereocenters. The van der Waals surface area contributed by atoms with Crippen molar-refractivity contribution >= 4 is 31.3 Å². The van der Waals surface area contributed by atoms with Crippen LogP contribution in [-0.4, -0.2) is 128 Å². The lowest BCUT2D eigenvalue weighted by atomic mass is 9.89. The minimum atomic E-state index is -0.0203. The molecule has 0 amide bonds. The van der Waals surface area contributed by atoms with Gasteiger partial charge in [0.25, 0.3) is 0 Å². The smallest absolute Gasteiger partial charge is 0.230 e. The van der Waals surface area contributed by atoms with Gasteiger partial charge in [-0.2, -0.15) is 0 Å². The van der Waals surface area contributed by atoms with Crippen molar-refractivity contribution in [2.45, 2.75) is 117 Å². The van der Waals surface area contributed by atoms with Crippen LogP contribution >= 0.6 is 11.8 Å². The second-order valence-electron chi connectivity index (χ2n) is 11.0. The van der Waals surface area contributed by atoms with Crippen LogP contribution in [0.5, 0.6) is 0 Å². The molecule has 0 saturated carbocycles. The van der Waals surface area contributed by atoms with Gasteiger partial charge in [0.15, 0.2) is 0 Å². The van der Waals surface area contributed by atoms with Crippen molar-refractivity contribution in [3.8, 4) is 0 Å². The summed E-state index contributed by atoms with van der Waals surface area (Å²) in [6, 6.07) is 2.11. The molecule has 39 heavy (non-hydrogen) atoms. The molecule has 0 fully saturated rings. The van der Waals surface area contributed by atoms with E-state index in [0.717, 1.165) is 64.4 Å². The van der Waals surface area contributed by atoms with Crippen molar-refractivity contribution in [2.24, 2.45) is 11.8 Å². The van der Waals surface area contributed by atoms with Gasteiger partial charge in [-0.15, -0.1) is 11.8 Å². The van der Waals surface area contributed by atoms with Gasteiger partial charge in [0.05, 0.1) is 12.3 Å². The Morgan fingerprint density at radius 2 is 0.744 bits per heavy atom. The second kappa shape index (κ2) is 20.4. The lowest BCUT2D eigenvalue weighted by molar-refractivity contribution is 0.00544. The van der Waals surface area contributed by atoms with E-state index in [9.17, 15) is 0 Å². The van der Waals surface area contributed by atoms with Crippen LogP contribution in [0.3, 0.4) is 0 Å². The predicted octanol–water partition coefficient (Wildman–Crippen LogP) is 5.90. The largest absolute Gasteiger partial charge is 0.421 e. The summed E-state index contributed by atoms with van der Waals surface area (Å²) in [7, 11) is 4.72. The normalized spacial score (nSPS) is 16.2. The van der Waals surface area contributed by atoms with E-state index < -0.39 is 0 Å². The zero-order chi connectivity index (χ0) is 30.2. The van der Waals surface area contributed by atoms with Crippen LogP contribution in [-0.2, 0) is 8.85 Å². The van der Waals surface area contributed by atoms with E-state index in [-0.39, 0.29) is 9.49 Å². The third-order valence-electron chi connectivity index (χ3n) is 8.83. The van der Waals surface area contributed by atoms with Gasteiger partial charge in [0.1, 0.15) is 0 Å². The number of nitrogens with zero attached hydrogens (tertiary/aromatic N) is 4.